The quantitative estimate of drug-likeness (QED) is 0.519. The van der Waals surface area contributed by atoms with E-state index in [-0.39, 0.29) is 0 Å². The van der Waals surface area contributed by atoms with Gasteiger partial charge in [0.25, 0.3) is 0 Å². The van der Waals surface area contributed by atoms with E-state index in [4.69, 9.17) is 15.6 Å². The van der Waals surface area contributed by atoms with Crippen molar-refractivity contribution in [2.24, 2.45) is 11.7 Å². The van der Waals surface area contributed by atoms with Crippen molar-refractivity contribution in [1.29, 1.82) is 0 Å². The normalized spacial score (nSPS) is 14.3. The number of aliphatic carboxylic acids is 1. The van der Waals surface area contributed by atoms with Gasteiger partial charge in [-0.25, -0.2) is 4.79 Å². The number of hydrogen-bond acceptors (Lipinski definition) is 4. The highest BCUT2D eigenvalue weighted by Gasteiger charge is 2.23. The maximum absolute atomic E-state index is 11.7. The lowest BCUT2D eigenvalue weighted by molar-refractivity contribution is -0.142. The van der Waals surface area contributed by atoms with E-state index in [1.165, 1.54) is 0 Å². The molecule has 0 rings (SSSR count). The molecule has 4 N–H and O–H groups in total. The van der Waals surface area contributed by atoms with Gasteiger partial charge in [-0.3, -0.25) is 4.79 Å². The fourth-order valence-electron chi connectivity index (χ4n) is 1.58. The van der Waals surface area contributed by atoms with Gasteiger partial charge in [-0.2, -0.15) is 0 Å². The zero-order valence-electron chi connectivity index (χ0n) is 11.3. The van der Waals surface area contributed by atoms with Gasteiger partial charge in [-0.15, -0.1) is 0 Å². The first-order valence-corrected chi connectivity index (χ1v) is 6.16. The van der Waals surface area contributed by atoms with Gasteiger partial charge < -0.3 is 20.9 Å². The highest BCUT2D eigenvalue weighted by Crippen LogP contribution is 2.04. The van der Waals surface area contributed by atoms with E-state index in [1.54, 1.807) is 7.11 Å². The minimum absolute atomic E-state index is 0.294. The smallest absolute Gasteiger partial charge is 0.326 e. The van der Waals surface area contributed by atoms with Crippen LogP contribution in [0.3, 0.4) is 0 Å². The minimum Gasteiger partial charge on any atom is -0.480 e. The van der Waals surface area contributed by atoms with Gasteiger partial charge in [0.05, 0.1) is 6.04 Å². The van der Waals surface area contributed by atoms with Gasteiger partial charge in [-0.1, -0.05) is 13.8 Å². The average Bonchev–Trinajstić information content (AvgIpc) is 2.26. The molecule has 0 aliphatic rings. The Kier molecular flexibility index (Phi) is 8.32. The number of amides is 1. The number of hydrogen-bond donors (Lipinski definition) is 3. The highest BCUT2D eigenvalue weighted by molar-refractivity contribution is 5.86. The third-order valence-corrected chi connectivity index (χ3v) is 2.52. The average molecular weight is 260 g/mol. The van der Waals surface area contributed by atoms with Gasteiger partial charge in [0, 0.05) is 13.7 Å². The van der Waals surface area contributed by atoms with E-state index in [0.29, 0.717) is 31.8 Å². The molecule has 6 heteroatoms. The summed E-state index contributed by atoms with van der Waals surface area (Å²) in [6, 6.07) is -1.56. The largest absolute Gasteiger partial charge is 0.480 e. The molecule has 0 spiro atoms. The van der Waals surface area contributed by atoms with E-state index in [9.17, 15) is 9.59 Å². The molecule has 2 atom stereocenters. The van der Waals surface area contributed by atoms with E-state index in [0.717, 1.165) is 0 Å². The first-order chi connectivity index (χ1) is 8.38. The number of carboxylic acids is 1. The first kappa shape index (κ1) is 16.9. The summed E-state index contributed by atoms with van der Waals surface area (Å²) in [6.07, 6.45) is 1.45. The fraction of sp³-hybridized carbons (Fsp3) is 0.833. The molecule has 106 valence electrons. The summed E-state index contributed by atoms with van der Waals surface area (Å²) in [4.78, 5) is 22.7. The Morgan fingerprint density at radius 2 is 2.00 bits per heavy atom. The molecule has 0 aliphatic heterocycles. The highest BCUT2D eigenvalue weighted by atomic mass is 16.5. The van der Waals surface area contributed by atoms with Crippen LogP contribution in [-0.2, 0) is 14.3 Å². The van der Waals surface area contributed by atoms with Crippen LogP contribution in [-0.4, -0.2) is 42.8 Å². The van der Waals surface area contributed by atoms with Crippen molar-refractivity contribution in [1.82, 2.24) is 5.32 Å². The third-order valence-electron chi connectivity index (χ3n) is 2.52. The third kappa shape index (κ3) is 7.24. The van der Waals surface area contributed by atoms with Crippen molar-refractivity contribution in [2.45, 2.75) is 45.2 Å². The van der Waals surface area contributed by atoms with E-state index >= 15 is 0 Å². The molecule has 0 aromatic heterocycles. The van der Waals surface area contributed by atoms with E-state index in [2.05, 4.69) is 5.32 Å². The molecule has 0 fully saturated rings. The van der Waals surface area contributed by atoms with Crippen LogP contribution in [0, 0.1) is 5.92 Å². The molecule has 0 bridgehead atoms. The number of carbonyl (C=O) groups excluding carboxylic acids is 1. The molecule has 1 amide bonds. The summed E-state index contributed by atoms with van der Waals surface area (Å²) in [7, 11) is 1.55. The zero-order valence-corrected chi connectivity index (χ0v) is 11.3. The standard InChI is InChI=1S/C12H24N2O4/c1-8(2)7-9(13)11(15)14-10(12(16)17)5-4-6-18-3/h8-10H,4-7,13H2,1-3H3,(H,14,15)(H,16,17)/t9-,10?/m1/s1. The van der Waals surface area contributed by atoms with Crippen LogP contribution in [0.25, 0.3) is 0 Å². The number of methoxy groups -OCH3 is 1. The van der Waals surface area contributed by atoms with Crippen molar-refractivity contribution in [2.75, 3.05) is 13.7 Å². The lowest BCUT2D eigenvalue weighted by Gasteiger charge is -2.18. The van der Waals surface area contributed by atoms with E-state index in [1.807, 2.05) is 13.8 Å². The Hall–Kier alpha value is -1.14. The lowest BCUT2D eigenvalue weighted by atomic mass is 10.0. The molecule has 0 saturated heterocycles. The minimum atomic E-state index is -1.05. The van der Waals surface area contributed by atoms with Gasteiger partial charge in [-0.05, 0) is 25.2 Å². The zero-order chi connectivity index (χ0) is 14.1. The summed E-state index contributed by atoms with van der Waals surface area (Å²) in [5.41, 5.74) is 5.69. The number of ether oxygens (including phenoxy) is 1. The first-order valence-electron chi connectivity index (χ1n) is 6.16. The Balaban J connectivity index is 4.22. The van der Waals surface area contributed by atoms with Gasteiger partial charge in [0.2, 0.25) is 5.91 Å². The summed E-state index contributed by atoms with van der Waals surface area (Å²) >= 11 is 0. The van der Waals surface area contributed by atoms with Crippen LogP contribution in [0.1, 0.15) is 33.1 Å². The molecule has 0 saturated carbocycles. The summed E-state index contributed by atoms with van der Waals surface area (Å²) in [5.74, 6) is -1.16. The monoisotopic (exact) mass is 260 g/mol. The molecule has 18 heavy (non-hydrogen) atoms. The SMILES string of the molecule is COCCCC(NC(=O)[C@H](N)CC(C)C)C(=O)O. The molecule has 0 aliphatic carbocycles. The predicted molar refractivity (Wildman–Crippen MR) is 68.1 cm³/mol. The molecule has 1 unspecified atom stereocenters. The number of rotatable bonds is 9. The van der Waals surface area contributed by atoms with Crippen LogP contribution in [0.2, 0.25) is 0 Å². The molecular formula is C12H24N2O4. The molecule has 0 radical (unpaired) electrons. The second kappa shape index (κ2) is 8.88. The van der Waals surface area contributed by atoms with Crippen LogP contribution < -0.4 is 11.1 Å². The van der Waals surface area contributed by atoms with E-state index < -0.39 is 24.0 Å². The Morgan fingerprint density at radius 3 is 2.44 bits per heavy atom. The summed E-state index contributed by atoms with van der Waals surface area (Å²) in [6.45, 7) is 4.39. The fourth-order valence-corrected chi connectivity index (χ4v) is 1.58. The molecule has 0 aromatic carbocycles. The second-order valence-corrected chi connectivity index (χ2v) is 4.77. The lowest BCUT2D eigenvalue weighted by Crippen LogP contribution is -2.48. The van der Waals surface area contributed by atoms with Crippen LogP contribution in [0.5, 0.6) is 0 Å². The van der Waals surface area contributed by atoms with Crippen LogP contribution in [0.4, 0.5) is 0 Å². The van der Waals surface area contributed by atoms with Gasteiger partial charge in [0.15, 0.2) is 0 Å². The summed E-state index contributed by atoms with van der Waals surface area (Å²) in [5, 5.41) is 11.5. The van der Waals surface area contributed by atoms with Gasteiger partial charge >= 0.3 is 5.97 Å². The van der Waals surface area contributed by atoms with Crippen molar-refractivity contribution >= 4 is 11.9 Å². The molecular weight excluding hydrogens is 236 g/mol. The maximum atomic E-state index is 11.7. The topological polar surface area (TPSA) is 102 Å². The predicted octanol–water partition coefficient (Wildman–Crippen LogP) is 0.356. The summed E-state index contributed by atoms with van der Waals surface area (Å²) < 4.78 is 4.85. The van der Waals surface area contributed by atoms with Crippen molar-refractivity contribution in [3.05, 3.63) is 0 Å². The molecule has 0 aromatic rings. The Bertz CT molecular complexity index is 269. The molecule has 6 nitrogen and oxygen atoms in total. The number of carbonyl (C=O) groups is 2. The Morgan fingerprint density at radius 1 is 1.39 bits per heavy atom. The molecule has 0 heterocycles. The van der Waals surface area contributed by atoms with Crippen molar-refractivity contribution < 1.29 is 19.4 Å². The van der Waals surface area contributed by atoms with Crippen molar-refractivity contribution in [3.8, 4) is 0 Å². The number of carboxylic acid groups (broad SMARTS) is 1. The van der Waals surface area contributed by atoms with Crippen LogP contribution >= 0.6 is 0 Å². The number of nitrogens with one attached hydrogen (secondary N) is 1. The van der Waals surface area contributed by atoms with Crippen molar-refractivity contribution in [3.63, 3.8) is 0 Å². The van der Waals surface area contributed by atoms with Gasteiger partial charge in [0.1, 0.15) is 6.04 Å². The Labute approximate surface area is 108 Å². The number of nitrogens with two attached hydrogens (primary N) is 1. The maximum Gasteiger partial charge on any atom is 0.326 e. The van der Waals surface area contributed by atoms with Crippen LogP contribution in [0.15, 0.2) is 0 Å². The second-order valence-electron chi connectivity index (χ2n) is 4.77.